The minimum absolute atomic E-state index is 0.0729. The predicted octanol–water partition coefficient (Wildman–Crippen LogP) is -0.421. The van der Waals surface area contributed by atoms with Gasteiger partial charge in [-0.25, -0.2) is 0 Å². The van der Waals surface area contributed by atoms with Crippen molar-refractivity contribution < 1.29 is 24.1 Å². The first kappa shape index (κ1) is 16.2. The van der Waals surface area contributed by atoms with E-state index in [0.29, 0.717) is 23.3 Å². The Kier molecular flexibility index (Phi) is 4.99. The maximum absolute atomic E-state index is 11.1. The van der Waals surface area contributed by atoms with Gasteiger partial charge in [0.1, 0.15) is 18.5 Å². The molecule has 1 aromatic carbocycles. The molecule has 1 atom stereocenters. The molecule has 9 heteroatoms. The summed E-state index contributed by atoms with van der Waals surface area (Å²) in [6.45, 7) is 1.69. The zero-order chi connectivity index (χ0) is 16.3. The molecular formula is C13H17BN2O6. The van der Waals surface area contributed by atoms with Crippen LogP contribution >= 0.6 is 0 Å². The van der Waals surface area contributed by atoms with Crippen LogP contribution < -0.4 is 10.2 Å². The lowest BCUT2D eigenvalue weighted by Gasteiger charge is -2.16. The lowest BCUT2D eigenvalue weighted by Crippen LogP contribution is -2.32. The summed E-state index contributed by atoms with van der Waals surface area (Å²) in [5.74, 6) is 0.337. The van der Waals surface area contributed by atoms with E-state index < -0.39 is 24.7 Å². The summed E-state index contributed by atoms with van der Waals surface area (Å²) in [6.07, 6.45) is -0.788. The Balaban J connectivity index is 2.10. The Morgan fingerprint density at radius 3 is 2.95 bits per heavy atom. The molecule has 118 valence electrons. The van der Waals surface area contributed by atoms with Crippen molar-refractivity contribution in [1.82, 2.24) is 4.90 Å². The summed E-state index contributed by atoms with van der Waals surface area (Å²) in [5.41, 5.74) is 0.974. The molecule has 1 aromatic rings. The van der Waals surface area contributed by atoms with Gasteiger partial charge >= 0.3 is 7.12 Å². The van der Waals surface area contributed by atoms with Gasteiger partial charge in [0.2, 0.25) is 12.5 Å². The van der Waals surface area contributed by atoms with E-state index in [0.717, 1.165) is 0 Å². The second-order valence-corrected chi connectivity index (χ2v) is 5.04. The largest absolute Gasteiger partial charge is 0.496 e. The fourth-order valence-corrected chi connectivity index (χ4v) is 2.26. The Morgan fingerprint density at radius 2 is 2.32 bits per heavy atom. The summed E-state index contributed by atoms with van der Waals surface area (Å²) in [6, 6.07) is 5.03. The number of carbonyl (C=O) groups excluding carboxylic acids is 1. The number of fused-ring (bicyclic) bond motifs is 1. The van der Waals surface area contributed by atoms with E-state index in [9.17, 15) is 19.9 Å². The highest BCUT2D eigenvalue weighted by molar-refractivity contribution is 6.62. The molecule has 1 aliphatic heterocycles. The van der Waals surface area contributed by atoms with Crippen LogP contribution in [0.3, 0.4) is 0 Å². The molecule has 1 unspecified atom stereocenters. The molecule has 1 heterocycles. The summed E-state index contributed by atoms with van der Waals surface area (Å²) in [4.78, 5) is 22.8. The van der Waals surface area contributed by atoms with E-state index in [4.69, 9.17) is 9.39 Å². The molecule has 1 N–H and O–H groups in total. The molecule has 8 nitrogen and oxygen atoms in total. The van der Waals surface area contributed by atoms with Crippen molar-refractivity contribution in [3.8, 4) is 5.75 Å². The summed E-state index contributed by atoms with van der Waals surface area (Å²) in [5, 5.41) is 20.6. The van der Waals surface area contributed by atoms with Crippen LogP contribution in [0.15, 0.2) is 18.2 Å². The van der Waals surface area contributed by atoms with Crippen molar-refractivity contribution in [2.75, 3.05) is 26.7 Å². The number of likely N-dealkylation sites (N-methyl/N-ethyl adjacent to an activating group) is 1. The van der Waals surface area contributed by atoms with Crippen LogP contribution in [0.25, 0.3) is 0 Å². The number of benzene rings is 1. The maximum atomic E-state index is 11.1. The first-order valence-corrected chi connectivity index (χ1v) is 6.82. The third kappa shape index (κ3) is 3.55. The number of hydrogen-bond donors (Lipinski definition) is 1. The quantitative estimate of drug-likeness (QED) is 0.435. The molecule has 1 aliphatic rings. The molecule has 1 amide bonds. The van der Waals surface area contributed by atoms with E-state index in [1.807, 2.05) is 0 Å². The minimum Gasteiger partial charge on any atom is -0.492 e. The van der Waals surface area contributed by atoms with Gasteiger partial charge in [-0.3, -0.25) is 14.9 Å². The van der Waals surface area contributed by atoms with Crippen molar-refractivity contribution >= 4 is 18.5 Å². The second-order valence-electron chi connectivity index (χ2n) is 5.04. The molecule has 0 fully saturated rings. The van der Waals surface area contributed by atoms with Crippen molar-refractivity contribution in [3.05, 3.63) is 33.9 Å². The minimum atomic E-state index is -1.25. The van der Waals surface area contributed by atoms with Gasteiger partial charge in [-0.2, -0.15) is 0 Å². The zero-order valence-corrected chi connectivity index (χ0v) is 12.4. The zero-order valence-electron chi connectivity index (χ0n) is 12.4. The van der Waals surface area contributed by atoms with Crippen LogP contribution in [-0.2, 0) is 9.45 Å². The van der Waals surface area contributed by atoms with E-state index in [1.165, 1.54) is 11.8 Å². The lowest BCUT2D eigenvalue weighted by atomic mass is 9.78. The van der Waals surface area contributed by atoms with Gasteiger partial charge in [-0.15, -0.1) is 0 Å². The van der Waals surface area contributed by atoms with E-state index in [2.05, 4.69) is 0 Å². The fourth-order valence-electron chi connectivity index (χ4n) is 2.26. The number of nitrogens with zero attached hydrogens (tertiary/aromatic N) is 2. The first-order chi connectivity index (χ1) is 10.4. The standard InChI is InChI=1S/C13H17BN2O6/c1-9(17)15(2)6-7-21-11-5-3-4-10-12(8-16(19)20)22-14(18)13(10)11/h3-5,12,18H,6-8H2,1-2H3. The number of ether oxygens (including phenoxy) is 1. The average molecular weight is 308 g/mol. The number of hydrogen-bond acceptors (Lipinski definition) is 6. The monoisotopic (exact) mass is 308 g/mol. The van der Waals surface area contributed by atoms with Gasteiger partial charge in [0.25, 0.3) is 0 Å². The van der Waals surface area contributed by atoms with Gasteiger partial charge < -0.3 is 19.3 Å². The molecule has 0 aromatic heterocycles. The van der Waals surface area contributed by atoms with Gasteiger partial charge in [0, 0.05) is 24.4 Å². The van der Waals surface area contributed by atoms with E-state index in [1.54, 1.807) is 25.2 Å². The van der Waals surface area contributed by atoms with Crippen LogP contribution in [0.5, 0.6) is 5.75 Å². The Hall–Kier alpha value is -2.13. The van der Waals surface area contributed by atoms with Crippen LogP contribution in [0.1, 0.15) is 18.6 Å². The molecule has 0 saturated heterocycles. The molecule has 0 aliphatic carbocycles. The molecule has 2 rings (SSSR count). The maximum Gasteiger partial charge on any atom is 0.496 e. The SMILES string of the molecule is CC(=O)N(C)CCOc1cccc2c1B(O)OC2C[N+](=O)[O-]. The number of rotatable bonds is 6. The first-order valence-electron chi connectivity index (χ1n) is 6.82. The summed E-state index contributed by atoms with van der Waals surface area (Å²) in [7, 11) is 0.410. The molecule has 0 spiro atoms. The Bertz CT molecular complexity index is 582. The van der Waals surface area contributed by atoms with Crippen molar-refractivity contribution in [2.45, 2.75) is 13.0 Å². The highest BCUT2D eigenvalue weighted by atomic mass is 16.6. The number of nitro groups is 1. The van der Waals surface area contributed by atoms with Gasteiger partial charge in [-0.1, -0.05) is 12.1 Å². The average Bonchev–Trinajstić information content (AvgIpc) is 2.75. The van der Waals surface area contributed by atoms with Crippen LogP contribution in [0.4, 0.5) is 0 Å². The third-order valence-electron chi connectivity index (χ3n) is 3.52. The Morgan fingerprint density at radius 1 is 1.59 bits per heavy atom. The van der Waals surface area contributed by atoms with Gasteiger partial charge in [0.15, 0.2) is 0 Å². The topological polar surface area (TPSA) is 102 Å². The molecule has 22 heavy (non-hydrogen) atoms. The highest BCUT2D eigenvalue weighted by Gasteiger charge is 2.40. The van der Waals surface area contributed by atoms with E-state index in [-0.39, 0.29) is 12.5 Å². The molecular weight excluding hydrogens is 291 g/mol. The smallest absolute Gasteiger partial charge is 0.492 e. The summed E-state index contributed by atoms with van der Waals surface area (Å²) >= 11 is 0. The Labute approximate surface area is 127 Å². The lowest BCUT2D eigenvalue weighted by molar-refractivity contribution is -0.490. The fraction of sp³-hybridized carbons (Fsp3) is 0.462. The van der Waals surface area contributed by atoms with Crippen molar-refractivity contribution in [3.63, 3.8) is 0 Å². The third-order valence-corrected chi connectivity index (χ3v) is 3.52. The number of amides is 1. The molecule has 0 bridgehead atoms. The normalized spacial score (nSPS) is 16.3. The van der Waals surface area contributed by atoms with Crippen LogP contribution in [0, 0.1) is 10.1 Å². The number of carbonyl (C=O) groups is 1. The van der Waals surface area contributed by atoms with Crippen LogP contribution in [-0.4, -0.2) is 54.6 Å². The van der Waals surface area contributed by atoms with E-state index >= 15 is 0 Å². The predicted molar refractivity (Wildman–Crippen MR) is 78.5 cm³/mol. The second kappa shape index (κ2) is 6.76. The highest BCUT2D eigenvalue weighted by Crippen LogP contribution is 2.27. The molecule has 0 saturated carbocycles. The van der Waals surface area contributed by atoms with Crippen LogP contribution in [0.2, 0.25) is 0 Å². The van der Waals surface area contributed by atoms with Crippen molar-refractivity contribution in [2.24, 2.45) is 0 Å². The molecule has 0 radical (unpaired) electrons. The summed E-state index contributed by atoms with van der Waals surface area (Å²) < 4.78 is 10.8. The van der Waals surface area contributed by atoms with Gasteiger partial charge in [-0.05, 0) is 11.6 Å². The van der Waals surface area contributed by atoms with Gasteiger partial charge in [0.05, 0.1) is 6.54 Å². The van der Waals surface area contributed by atoms with Crippen molar-refractivity contribution in [1.29, 1.82) is 0 Å².